The van der Waals surface area contributed by atoms with Gasteiger partial charge in [-0.25, -0.2) is 12.8 Å². The van der Waals surface area contributed by atoms with Gasteiger partial charge in [-0.05, 0) is 18.9 Å². The van der Waals surface area contributed by atoms with E-state index in [9.17, 15) is 27.7 Å². The molecule has 120 valence electrons. The van der Waals surface area contributed by atoms with Crippen molar-refractivity contribution in [3.8, 4) is 0 Å². The first-order chi connectivity index (χ1) is 10.2. The van der Waals surface area contributed by atoms with Gasteiger partial charge in [0.1, 0.15) is 10.7 Å². The zero-order chi connectivity index (χ0) is 16.5. The number of nitro groups is 1. The maximum Gasteiger partial charge on any atom is 0.306 e. The van der Waals surface area contributed by atoms with Crippen molar-refractivity contribution in [2.45, 2.75) is 17.7 Å². The predicted molar refractivity (Wildman–Crippen MR) is 72.2 cm³/mol. The molecule has 1 saturated heterocycles. The van der Waals surface area contributed by atoms with Gasteiger partial charge >= 0.3 is 5.97 Å². The van der Waals surface area contributed by atoms with E-state index in [1.807, 2.05) is 0 Å². The summed E-state index contributed by atoms with van der Waals surface area (Å²) >= 11 is 0. The number of nitro benzene ring substituents is 1. The second-order valence-electron chi connectivity index (χ2n) is 4.89. The molecule has 10 heteroatoms. The van der Waals surface area contributed by atoms with E-state index in [1.165, 1.54) is 0 Å². The highest BCUT2D eigenvalue weighted by Crippen LogP contribution is 2.27. The van der Waals surface area contributed by atoms with Gasteiger partial charge < -0.3 is 5.11 Å². The smallest absolute Gasteiger partial charge is 0.306 e. The van der Waals surface area contributed by atoms with Crippen LogP contribution < -0.4 is 0 Å². The summed E-state index contributed by atoms with van der Waals surface area (Å²) in [6.07, 6.45) is 0.284. The summed E-state index contributed by atoms with van der Waals surface area (Å²) in [5, 5.41) is 19.4. The number of sulfonamides is 1. The average molecular weight is 332 g/mol. The summed E-state index contributed by atoms with van der Waals surface area (Å²) in [5.41, 5.74) is -0.541. The molecule has 1 N–H and O–H groups in total. The lowest BCUT2D eigenvalue weighted by Gasteiger charge is -2.29. The third kappa shape index (κ3) is 3.07. The minimum absolute atomic E-state index is 0.0320. The molecule has 0 unspecified atom stereocenters. The predicted octanol–water partition coefficient (Wildman–Crippen LogP) is 1.22. The molecule has 0 radical (unpaired) electrons. The maximum absolute atomic E-state index is 13.9. The van der Waals surface area contributed by atoms with Crippen molar-refractivity contribution in [1.82, 2.24) is 4.31 Å². The molecule has 1 heterocycles. The SMILES string of the molecule is O=C(O)C1CCN(S(=O)(=O)c2ccc([N+](=O)[O-])cc2F)CC1. The molecule has 0 amide bonds. The van der Waals surface area contributed by atoms with Gasteiger partial charge in [0.2, 0.25) is 10.0 Å². The minimum atomic E-state index is -4.14. The summed E-state index contributed by atoms with van der Waals surface area (Å²) in [6.45, 7) is -0.0640. The van der Waals surface area contributed by atoms with Gasteiger partial charge in [-0.2, -0.15) is 4.31 Å². The number of rotatable bonds is 4. The Bertz CT molecular complexity index is 712. The Hall–Kier alpha value is -2.07. The van der Waals surface area contributed by atoms with Gasteiger partial charge in [0.25, 0.3) is 5.69 Å². The van der Waals surface area contributed by atoms with Gasteiger partial charge in [-0.15, -0.1) is 0 Å². The van der Waals surface area contributed by atoms with E-state index in [2.05, 4.69) is 0 Å². The summed E-state index contributed by atoms with van der Waals surface area (Å²) in [6, 6.07) is 2.32. The molecular weight excluding hydrogens is 319 g/mol. The van der Waals surface area contributed by atoms with Crippen LogP contribution in [0.2, 0.25) is 0 Å². The van der Waals surface area contributed by atoms with E-state index in [0.29, 0.717) is 6.07 Å². The fourth-order valence-electron chi connectivity index (χ4n) is 2.29. The maximum atomic E-state index is 13.9. The molecule has 0 spiro atoms. The average Bonchev–Trinajstić information content (AvgIpc) is 2.46. The van der Waals surface area contributed by atoms with Crippen LogP contribution in [0.5, 0.6) is 0 Å². The molecule has 1 aromatic rings. The van der Waals surface area contributed by atoms with Crippen LogP contribution in [0.4, 0.5) is 10.1 Å². The van der Waals surface area contributed by atoms with Gasteiger partial charge in [-0.3, -0.25) is 14.9 Å². The number of halogens is 1. The highest BCUT2D eigenvalue weighted by Gasteiger charge is 2.33. The molecule has 1 aromatic carbocycles. The molecule has 2 rings (SSSR count). The van der Waals surface area contributed by atoms with Crippen LogP contribution >= 0.6 is 0 Å². The molecule has 8 nitrogen and oxygen atoms in total. The van der Waals surface area contributed by atoms with E-state index >= 15 is 0 Å². The number of carboxylic acid groups (broad SMARTS) is 1. The van der Waals surface area contributed by atoms with Crippen molar-refractivity contribution in [2.24, 2.45) is 5.92 Å². The summed E-state index contributed by atoms with van der Waals surface area (Å²) in [5.74, 6) is -2.80. The van der Waals surface area contributed by atoms with Crippen molar-refractivity contribution < 1.29 is 27.6 Å². The molecule has 1 aliphatic rings. The third-order valence-corrected chi connectivity index (χ3v) is 5.48. The first kappa shape index (κ1) is 16.3. The molecule has 0 atom stereocenters. The van der Waals surface area contributed by atoms with E-state index in [4.69, 9.17) is 5.11 Å². The number of aliphatic carboxylic acids is 1. The zero-order valence-corrected chi connectivity index (χ0v) is 12.1. The molecule has 0 aromatic heterocycles. The van der Waals surface area contributed by atoms with Gasteiger partial charge in [0.15, 0.2) is 0 Å². The Morgan fingerprint density at radius 2 is 1.95 bits per heavy atom. The first-order valence-electron chi connectivity index (χ1n) is 6.40. The number of hydrogen-bond donors (Lipinski definition) is 1. The number of piperidine rings is 1. The number of non-ortho nitro benzene ring substituents is 1. The fourth-order valence-corrected chi connectivity index (χ4v) is 3.81. The van der Waals surface area contributed by atoms with Crippen LogP contribution in [0.15, 0.2) is 23.1 Å². The highest BCUT2D eigenvalue weighted by molar-refractivity contribution is 7.89. The Morgan fingerprint density at radius 1 is 1.36 bits per heavy atom. The van der Waals surface area contributed by atoms with Crippen LogP contribution in [-0.4, -0.2) is 41.8 Å². The second kappa shape index (κ2) is 5.97. The van der Waals surface area contributed by atoms with E-state index in [0.717, 1.165) is 16.4 Å². The summed E-state index contributed by atoms with van der Waals surface area (Å²) in [4.78, 5) is 19.9. The quantitative estimate of drug-likeness (QED) is 0.654. The number of benzene rings is 1. The topological polar surface area (TPSA) is 118 Å². The summed E-state index contributed by atoms with van der Waals surface area (Å²) < 4.78 is 39.5. The van der Waals surface area contributed by atoms with Crippen LogP contribution in [0, 0.1) is 21.8 Å². The number of carboxylic acids is 1. The number of nitrogens with zero attached hydrogens (tertiary/aromatic N) is 2. The van der Waals surface area contributed by atoms with Crippen LogP contribution in [0.3, 0.4) is 0 Å². The molecule has 1 aliphatic heterocycles. The highest BCUT2D eigenvalue weighted by atomic mass is 32.2. The van der Waals surface area contributed by atoms with Crippen LogP contribution in [0.25, 0.3) is 0 Å². The molecule has 1 fully saturated rings. The lowest BCUT2D eigenvalue weighted by molar-refractivity contribution is -0.385. The number of hydrogen-bond acceptors (Lipinski definition) is 5. The summed E-state index contributed by atoms with van der Waals surface area (Å²) in [7, 11) is -4.14. The van der Waals surface area contributed by atoms with E-state index < -0.39 is 43.2 Å². The largest absolute Gasteiger partial charge is 0.481 e. The van der Waals surface area contributed by atoms with E-state index in [1.54, 1.807) is 0 Å². The van der Waals surface area contributed by atoms with E-state index in [-0.39, 0.29) is 25.9 Å². The molecule has 0 aliphatic carbocycles. The van der Waals surface area contributed by atoms with Crippen molar-refractivity contribution >= 4 is 21.7 Å². The Kier molecular flexibility index (Phi) is 4.42. The van der Waals surface area contributed by atoms with Crippen molar-refractivity contribution in [2.75, 3.05) is 13.1 Å². The van der Waals surface area contributed by atoms with Crippen LogP contribution in [-0.2, 0) is 14.8 Å². The molecule has 0 saturated carbocycles. The van der Waals surface area contributed by atoms with Gasteiger partial charge in [0.05, 0.1) is 16.9 Å². The van der Waals surface area contributed by atoms with Crippen LogP contribution in [0.1, 0.15) is 12.8 Å². The number of carbonyl (C=O) groups is 1. The minimum Gasteiger partial charge on any atom is -0.481 e. The van der Waals surface area contributed by atoms with Crippen molar-refractivity contribution in [1.29, 1.82) is 0 Å². The van der Waals surface area contributed by atoms with Crippen molar-refractivity contribution in [3.05, 3.63) is 34.1 Å². The van der Waals surface area contributed by atoms with Gasteiger partial charge in [-0.1, -0.05) is 0 Å². The Morgan fingerprint density at radius 3 is 2.41 bits per heavy atom. The first-order valence-corrected chi connectivity index (χ1v) is 7.84. The Balaban J connectivity index is 2.25. The normalized spacial score (nSPS) is 17.3. The second-order valence-corrected chi connectivity index (χ2v) is 6.79. The molecular formula is C12H13FN2O6S. The molecule has 0 bridgehead atoms. The monoisotopic (exact) mass is 332 g/mol. The lowest BCUT2D eigenvalue weighted by Crippen LogP contribution is -2.40. The fraction of sp³-hybridized carbons (Fsp3) is 0.417. The van der Waals surface area contributed by atoms with Crippen molar-refractivity contribution in [3.63, 3.8) is 0 Å². The standard InChI is InChI=1S/C12H13FN2O6S/c13-10-7-9(15(18)19)1-2-11(10)22(20,21)14-5-3-8(4-6-14)12(16)17/h1-2,7-8H,3-6H2,(H,16,17). The molecule has 22 heavy (non-hydrogen) atoms. The van der Waals surface area contributed by atoms with Gasteiger partial charge in [0, 0.05) is 19.2 Å². The zero-order valence-electron chi connectivity index (χ0n) is 11.3. The third-order valence-electron chi connectivity index (χ3n) is 3.55. The Labute approximate surface area is 125 Å². The lowest BCUT2D eigenvalue weighted by atomic mass is 9.99.